The van der Waals surface area contributed by atoms with Crippen molar-refractivity contribution in [2.75, 3.05) is 44.8 Å². The van der Waals surface area contributed by atoms with Gasteiger partial charge in [0.2, 0.25) is 15.9 Å². The van der Waals surface area contributed by atoms with Gasteiger partial charge in [-0.2, -0.15) is 4.31 Å². The van der Waals surface area contributed by atoms with E-state index in [0.29, 0.717) is 13.2 Å². The van der Waals surface area contributed by atoms with E-state index >= 15 is 0 Å². The number of aromatic amines is 1. The van der Waals surface area contributed by atoms with Crippen LogP contribution in [-0.2, 0) is 26.0 Å². The van der Waals surface area contributed by atoms with Crippen molar-refractivity contribution in [3.8, 4) is 11.3 Å². The lowest BCUT2D eigenvalue weighted by Crippen LogP contribution is -2.51. The van der Waals surface area contributed by atoms with Gasteiger partial charge in [-0.05, 0) is 68.5 Å². The number of ether oxygens (including phenoxy) is 1. The number of rotatable bonds is 7. The van der Waals surface area contributed by atoms with E-state index in [9.17, 15) is 13.2 Å². The molecule has 1 aromatic heterocycles. The van der Waals surface area contributed by atoms with Gasteiger partial charge in [0.15, 0.2) is 0 Å². The second-order valence-electron chi connectivity index (χ2n) is 9.55. The van der Waals surface area contributed by atoms with Gasteiger partial charge in [0, 0.05) is 42.8 Å². The summed E-state index contributed by atoms with van der Waals surface area (Å²) < 4.78 is 32.9. The summed E-state index contributed by atoms with van der Waals surface area (Å²) in [4.78, 5) is 18.3. The van der Waals surface area contributed by atoms with Crippen LogP contribution in [0, 0.1) is 0 Å². The molecule has 2 N–H and O–H groups in total. The zero-order valence-electron chi connectivity index (χ0n) is 19.8. The molecule has 0 unspecified atom stereocenters. The summed E-state index contributed by atoms with van der Waals surface area (Å²) in [7, 11) is -2.40. The molecule has 3 aliphatic rings. The van der Waals surface area contributed by atoms with Crippen LogP contribution in [0.15, 0.2) is 34.7 Å². The molecule has 3 heterocycles. The van der Waals surface area contributed by atoms with Crippen LogP contribution in [0.1, 0.15) is 37.4 Å². The largest absolute Gasteiger partial charge is 0.377 e. The van der Waals surface area contributed by atoms with Crippen LogP contribution in [0.3, 0.4) is 0 Å². The summed E-state index contributed by atoms with van der Waals surface area (Å²) in [5.41, 5.74) is 6.56. The summed E-state index contributed by atoms with van der Waals surface area (Å²) in [6.45, 7) is 4.77. The van der Waals surface area contributed by atoms with Crippen LogP contribution < -0.4 is 10.2 Å². The second kappa shape index (κ2) is 9.20. The Morgan fingerprint density at radius 3 is 2.68 bits per heavy atom. The molecule has 1 amide bonds. The Morgan fingerprint density at radius 2 is 1.97 bits per heavy atom. The van der Waals surface area contributed by atoms with E-state index in [1.807, 2.05) is 6.07 Å². The third-order valence-corrected chi connectivity index (χ3v) is 8.70. The number of amides is 1. The third-order valence-electron chi connectivity index (χ3n) is 6.90. The normalized spacial score (nSPS) is 18.6. The first-order valence-electron chi connectivity index (χ1n) is 11.9. The fourth-order valence-corrected chi connectivity index (χ4v) is 5.98. The maximum Gasteiger partial charge on any atom is 0.243 e. The van der Waals surface area contributed by atoms with Gasteiger partial charge in [-0.3, -0.25) is 4.79 Å². The summed E-state index contributed by atoms with van der Waals surface area (Å²) in [6.07, 6.45) is 6.46. The minimum Gasteiger partial charge on any atom is -0.377 e. The monoisotopic (exact) mass is 484 g/mol. The first kappa shape index (κ1) is 23.1. The maximum atomic E-state index is 13.4. The average Bonchev–Trinajstić information content (AvgIpc) is 3.45. The fraction of sp³-hybridized carbons (Fsp3) is 0.480. The number of hydrogen-bond acceptors (Lipinski definition) is 5. The number of benzene rings is 1. The molecule has 8 nitrogen and oxygen atoms in total. The number of aromatic nitrogens is 1. The number of allylic oxidation sites excluding steroid dienone is 1. The van der Waals surface area contributed by atoms with E-state index in [-0.39, 0.29) is 23.4 Å². The molecule has 34 heavy (non-hydrogen) atoms. The van der Waals surface area contributed by atoms with Gasteiger partial charge in [-0.1, -0.05) is 5.57 Å². The lowest BCUT2D eigenvalue weighted by Gasteiger charge is -2.27. The number of H-pyrrole nitrogens is 1. The molecule has 0 atom stereocenters. The van der Waals surface area contributed by atoms with E-state index in [2.05, 4.69) is 34.3 Å². The lowest BCUT2D eigenvalue weighted by atomic mass is 9.98. The Balaban J connectivity index is 1.47. The van der Waals surface area contributed by atoms with Gasteiger partial charge in [0.25, 0.3) is 0 Å². The van der Waals surface area contributed by atoms with Crippen molar-refractivity contribution in [1.29, 1.82) is 0 Å². The standard InChI is InChI=1S/C25H32N4O4S/c1-17-5-6-18-12-23(27-22(18)11-17)21-13-20(7-8-24(21)29-9-3-4-10-29)34(31,32)28(2)14-25(30)26-19-15-33-16-19/h7-8,11-13,19,27H,3-6,9-10,14-16H2,1-2H3,(H,26,30). The molecular weight excluding hydrogens is 452 g/mol. The van der Waals surface area contributed by atoms with Crippen molar-refractivity contribution in [2.45, 2.75) is 43.5 Å². The highest BCUT2D eigenvalue weighted by Crippen LogP contribution is 2.37. The molecule has 9 heteroatoms. The Labute approximate surface area is 201 Å². The molecular formula is C25H32N4O4S. The minimum absolute atomic E-state index is 0.0356. The topological polar surface area (TPSA) is 94.7 Å². The second-order valence-corrected chi connectivity index (χ2v) is 11.6. The number of carbonyl (C=O) groups is 1. The van der Waals surface area contributed by atoms with Gasteiger partial charge < -0.3 is 19.9 Å². The van der Waals surface area contributed by atoms with Crippen molar-refractivity contribution in [1.82, 2.24) is 14.6 Å². The van der Waals surface area contributed by atoms with Gasteiger partial charge in [-0.15, -0.1) is 0 Å². The molecule has 0 radical (unpaired) electrons. The van der Waals surface area contributed by atoms with Gasteiger partial charge in [0.1, 0.15) is 0 Å². The Morgan fingerprint density at radius 1 is 1.21 bits per heavy atom. The highest BCUT2D eigenvalue weighted by Gasteiger charge is 2.28. The van der Waals surface area contributed by atoms with Crippen LogP contribution in [-0.4, -0.2) is 69.6 Å². The van der Waals surface area contributed by atoms with Crippen molar-refractivity contribution < 1.29 is 17.9 Å². The smallest absolute Gasteiger partial charge is 0.243 e. The van der Waals surface area contributed by atoms with Crippen LogP contribution in [0.4, 0.5) is 5.69 Å². The van der Waals surface area contributed by atoms with Crippen molar-refractivity contribution in [2.24, 2.45) is 0 Å². The average molecular weight is 485 g/mol. The molecule has 2 aromatic rings. The van der Waals surface area contributed by atoms with Crippen LogP contribution in [0.25, 0.3) is 17.3 Å². The summed E-state index contributed by atoms with van der Waals surface area (Å²) in [5.74, 6) is -0.326. The number of likely N-dealkylation sites (N-methyl/N-ethyl adjacent to an activating group) is 1. The molecule has 0 saturated carbocycles. The first-order chi connectivity index (χ1) is 16.3. The predicted molar refractivity (Wildman–Crippen MR) is 132 cm³/mol. The highest BCUT2D eigenvalue weighted by atomic mass is 32.2. The zero-order chi connectivity index (χ0) is 23.9. The van der Waals surface area contributed by atoms with E-state index in [1.54, 1.807) is 12.1 Å². The molecule has 1 aromatic carbocycles. The molecule has 182 valence electrons. The Hall–Kier alpha value is -2.62. The SMILES string of the molecule is CC1=Cc2[nH]c(-c3cc(S(=O)(=O)N(C)CC(=O)NC4COC4)ccc3N3CCCC3)cc2CC1. The van der Waals surface area contributed by atoms with Gasteiger partial charge >= 0.3 is 0 Å². The van der Waals surface area contributed by atoms with Crippen molar-refractivity contribution >= 4 is 27.7 Å². The number of fused-ring (bicyclic) bond motifs is 1. The molecule has 2 saturated heterocycles. The Kier molecular flexibility index (Phi) is 6.26. The lowest BCUT2D eigenvalue weighted by molar-refractivity contribution is -0.125. The molecule has 2 fully saturated rings. The minimum atomic E-state index is -3.84. The third kappa shape index (κ3) is 4.52. The summed E-state index contributed by atoms with van der Waals surface area (Å²) in [5, 5.41) is 2.80. The Bertz CT molecular complexity index is 1220. The molecule has 0 spiro atoms. The highest BCUT2D eigenvalue weighted by molar-refractivity contribution is 7.89. The molecule has 0 bridgehead atoms. The van der Waals surface area contributed by atoms with Gasteiger partial charge in [0.05, 0.1) is 30.7 Å². The van der Waals surface area contributed by atoms with E-state index in [1.165, 1.54) is 18.2 Å². The van der Waals surface area contributed by atoms with E-state index in [0.717, 1.165) is 65.7 Å². The van der Waals surface area contributed by atoms with Gasteiger partial charge in [-0.25, -0.2) is 8.42 Å². The number of aryl methyl sites for hydroxylation is 1. The number of anilines is 1. The predicted octanol–water partition coefficient (Wildman–Crippen LogP) is 2.77. The number of nitrogens with zero attached hydrogens (tertiary/aromatic N) is 2. The van der Waals surface area contributed by atoms with Crippen molar-refractivity contribution in [3.05, 3.63) is 41.1 Å². The summed E-state index contributed by atoms with van der Waals surface area (Å²) in [6, 6.07) is 7.44. The van der Waals surface area contributed by atoms with E-state index in [4.69, 9.17) is 4.74 Å². The molecule has 2 aliphatic heterocycles. The summed E-state index contributed by atoms with van der Waals surface area (Å²) >= 11 is 0. The molecule has 1 aliphatic carbocycles. The van der Waals surface area contributed by atoms with Crippen LogP contribution >= 0.6 is 0 Å². The quantitative estimate of drug-likeness (QED) is 0.630. The number of sulfonamides is 1. The van der Waals surface area contributed by atoms with Crippen molar-refractivity contribution in [3.63, 3.8) is 0 Å². The van der Waals surface area contributed by atoms with Crippen LogP contribution in [0.5, 0.6) is 0 Å². The fourth-order valence-electron chi connectivity index (χ4n) is 4.83. The van der Waals surface area contributed by atoms with E-state index < -0.39 is 10.0 Å². The molecule has 5 rings (SSSR count). The number of hydrogen-bond donors (Lipinski definition) is 2. The maximum absolute atomic E-state index is 13.4. The zero-order valence-corrected chi connectivity index (χ0v) is 20.6. The first-order valence-corrected chi connectivity index (χ1v) is 13.4. The number of nitrogens with one attached hydrogen (secondary N) is 2. The van der Waals surface area contributed by atoms with Crippen LogP contribution in [0.2, 0.25) is 0 Å². The number of carbonyl (C=O) groups excluding carboxylic acids is 1.